The number of methoxy groups -OCH3 is 2. The molecule has 3 aliphatic rings. The average molecular weight is 590 g/mol. The number of nitrogens with one attached hydrogen (secondary N) is 2. The Hall–Kier alpha value is -4.65. The number of rotatable bonds is 3. The summed E-state index contributed by atoms with van der Waals surface area (Å²) in [4.78, 5) is 34.4. The first kappa shape index (κ1) is 27.2. The summed E-state index contributed by atoms with van der Waals surface area (Å²) in [7, 11) is 6.40. The first-order valence-corrected chi connectivity index (χ1v) is 14.2. The standard InChI is InChI=1S/C30H32FN7O5/c1-36-13-19(28(35-36)41-3)25-23-16-7-5-15(6-8-16)9-17(31)14-43-22-11-18(10-20(22)33-29(39)42-4)38-26-21(37(2)30(38)40)12-32-27(34-25)24(23)26/h5-8,12-13,17-18,20,22H,9-11,14H2,1-4H3,(H,32,34)(H,33,39)/t17-,18-,20-,22+/m0/s1. The second-order valence-electron chi connectivity index (χ2n) is 11.3. The minimum atomic E-state index is -1.25. The van der Waals surface area contributed by atoms with Gasteiger partial charge in [-0.25, -0.2) is 19.0 Å². The van der Waals surface area contributed by atoms with Crippen LogP contribution in [-0.4, -0.2) is 74.1 Å². The van der Waals surface area contributed by atoms with Crippen molar-refractivity contribution in [1.82, 2.24) is 34.2 Å². The number of hydrogen-bond acceptors (Lipinski definition) is 7. The van der Waals surface area contributed by atoms with Crippen LogP contribution in [0.15, 0.2) is 41.5 Å². The number of aromatic nitrogens is 6. The van der Waals surface area contributed by atoms with E-state index >= 15 is 4.39 Å². The molecule has 0 spiro atoms. The number of benzene rings is 1. The van der Waals surface area contributed by atoms with Crippen molar-refractivity contribution in [1.29, 1.82) is 0 Å². The molecule has 5 aromatic rings. The Morgan fingerprint density at radius 1 is 1.19 bits per heavy atom. The molecule has 4 atom stereocenters. The Kier molecular flexibility index (Phi) is 6.49. The lowest BCUT2D eigenvalue weighted by Crippen LogP contribution is -2.41. The fraction of sp³-hybridized carbons (Fsp3) is 0.400. The van der Waals surface area contributed by atoms with E-state index in [0.29, 0.717) is 35.4 Å². The van der Waals surface area contributed by atoms with Crippen LogP contribution in [0, 0.1) is 0 Å². The van der Waals surface area contributed by atoms with Gasteiger partial charge in [0.25, 0.3) is 0 Å². The third-order valence-corrected chi connectivity index (χ3v) is 8.65. The smallest absolute Gasteiger partial charge is 0.407 e. The Balaban J connectivity index is 1.54. The molecule has 13 heteroatoms. The van der Waals surface area contributed by atoms with Gasteiger partial charge in [0.05, 0.1) is 66.8 Å². The maximum absolute atomic E-state index is 15.2. The van der Waals surface area contributed by atoms with Crippen molar-refractivity contribution >= 4 is 28.2 Å². The van der Waals surface area contributed by atoms with Crippen LogP contribution in [0.25, 0.3) is 44.5 Å². The van der Waals surface area contributed by atoms with Gasteiger partial charge in [-0.3, -0.25) is 13.8 Å². The van der Waals surface area contributed by atoms with Gasteiger partial charge in [0.15, 0.2) is 0 Å². The summed E-state index contributed by atoms with van der Waals surface area (Å²) >= 11 is 0. The van der Waals surface area contributed by atoms with Crippen LogP contribution in [0.5, 0.6) is 5.88 Å². The van der Waals surface area contributed by atoms with Gasteiger partial charge in [-0.1, -0.05) is 24.3 Å². The molecule has 224 valence electrons. The van der Waals surface area contributed by atoms with Crippen molar-refractivity contribution in [2.24, 2.45) is 14.1 Å². The first-order chi connectivity index (χ1) is 20.8. The number of ether oxygens (including phenoxy) is 3. The van der Waals surface area contributed by atoms with Crippen LogP contribution >= 0.6 is 0 Å². The van der Waals surface area contributed by atoms with Crippen LogP contribution in [-0.2, 0) is 30.0 Å². The van der Waals surface area contributed by atoms with Crippen LogP contribution in [0.1, 0.15) is 24.4 Å². The first-order valence-electron chi connectivity index (χ1n) is 14.2. The number of halogens is 1. The summed E-state index contributed by atoms with van der Waals surface area (Å²) in [5.74, 6) is 0.437. The number of imidazole rings is 1. The Morgan fingerprint density at radius 2 is 1.98 bits per heavy atom. The molecule has 8 rings (SSSR count). The minimum Gasteiger partial charge on any atom is -0.479 e. The number of H-pyrrole nitrogens is 1. The molecule has 0 saturated heterocycles. The quantitative estimate of drug-likeness (QED) is 0.329. The highest BCUT2D eigenvalue weighted by atomic mass is 19.1. The number of carbonyl (C=O) groups is 1. The van der Waals surface area contributed by atoms with Crippen LogP contribution < -0.4 is 15.7 Å². The molecule has 1 aliphatic carbocycles. The van der Waals surface area contributed by atoms with Gasteiger partial charge < -0.3 is 24.5 Å². The third kappa shape index (κ3) is 4.37. The van der Waals surface area contributed by atoms with Crippen LogP contribution in [0.2, 0.25) is 0 Å². The maximum Gasteiger partial charge on any atom is 0.407 e. The van der Waals surface area contributed by atoms with Crippen LogP contribution in [0.3, 0.4) is 0 Å². The minimum absolute atomic E-state index is 0.137. The van der Waals surface area contributed by atoms with E-state index in [1.807, 2.05) is 37.5 Å². The lowest BCUT2D eigenvalue weighted by atomic mass is 9.97. The van der Waals surface area contributed by atoms with E-state index in [0.717, 1.165) is 33.3 Å². The summed E-state index contributed by atoms with van der Waals surface area (Å²) in [5.41, 5.74) is 5.73. The molecule has 0 radical (unpaired) electrons. The van der Waals surface area contributed by atoms with E-state index in [2.05, 4.69) is 15.4 Å². The number of carbonyl (C=O) groups excluding carboxylic acids is 1. The van der Waals surface area contributed by atoms with Gasteiger partial charge in [-0.15, -0.1) is 5.10 Å². The molecule has 2 aliphatic heterocycles. The molecule has 1 aromatic carbocycles. The normalized spacial score (nSPS) is 21.8. The zero-order valence-corrected chi connectivity index (χ0v) is 24.3. The highest BCUT2D eigenvalue weighted by Crippen LogP contribution is 2.44. The van der Waals surface area contributed by atoms with Gasteiger partial charge >= 0.3 is 11.8 Å². The number of hydrogen-bond donors (Lipinski definition) is 2. The number of aryl methyl sites for hydroxylation is 2. The van der Waals surface area contributed by atoms with E-state index in [9.17, 15) is 9.59 Å². The highest BCUT2D eigenvalue weighted by Gasteiger charge is 2.40. The lowest BCUT2D eigenvalue weighted by molar-refractivity contribution is 0.00763. The van der Waals surface area contributed by atoms with Crippen molar-refractivity contribution < 1.29 is 23.4 Å². The van der Waals surface area contributed by atoms with E-state index < -0.39 is 24.4 Å². The number of pyridine rings is 1. The molecule has 1 fully saturated rings. The molecule has 0 unspecified atom stereocenters. The monoisotopic (exact) mass is 589 g/mol. The predicted octanol–water partition coefficient (Wildman–Crippen LogP) is 3.63. The van der Waals surface area contributed by atoms with E-state index in [1.165, 1.54) is 7.11 Å². The molecule has 43 heavy (non-hydrogen) atoms. The number of nitrogens with zero attached hydrogens (tertiary/aromatic N) is 5. The average Bonchev–Trinajstić information content (AvgIpc) is 3.74. The SMILES string of the molecule is COC(=O)N[C@H]1C[C@H]2C[C@H]1OC[C@@H](F)Cc1ccc(cc1)-c1c(-c3cn(C)nc3OC)[nH]c3ncc4c(c13)n2c(=O)n4C. The van der Waals surface area contributed by atoms with Crippen LogP contribution in [0.4, 0.5) is 9.18 Å². The van der Waals surface area contributed by atoms with Crippen molar-refractivity contribution in [2.45, 2.75) is 43.6 Å². The molecule has 1 amide bonds. The van der Waals surface area contributed by atoms with Gasteiger partial charge in [-0.05, 0) is 24.0 Å². The summed E-state index contributed by atoms with van der Waals surface area (Å²) in [6.07, 6.45) is 2.16. The second-order valence-corrected chi connectivity index (χ2v) is 11.3. The molecule has 6 heterocycles. The van der Waals surface area contributed by atoms with Gasteiger partial charge in [-0.2, -0.15) is 0 Å². The maximum atomic E-state index is 15.2. The summed E-state index contributed by atoms with van der Waals surface area (Å²) < 4.78 is 36.8. The molecule has 1 saturated carbocycles. The van der Waals surface area contributed by atoms with E-state index in [-0.39, 0.29) is 24.8 Å². The van der Waals surface area contributed by atoms with Gasteiger partial charge in [0, 0.05) is 38.3 Å². The fourth-order valence-electron chi connectivity index (χ4n) is 6.68. The number of aromatic amines is 1. The van der Waals surface area contributed by atoms with Crippen molar-refractivity contribution in [3.63, 3.8) is 0 Å². The molecule has 4 bridgehead atoms. The summed E-state index contributed by atoms with van der Waals surface area (Å²) in [6.45, 7) is -0.137. The Morgan fingerprint density at radius 3 is 2.72 bits per heavy atom. The molecule has 4 aromatic heterocycles. The zero-order valence-electron chi connectivity index (χ0n) is 24.3. The molecular weight excluding hydrogens is 557 g/mol. The molecule has 12 nitrogen and oxygen atoms in total. The number of alkyl halides is 1. The Labute approximate surface area is 245 Å². The predicted molar refractivity (Wildman–Crippen MR) is 157 cm³/mol. The summed E-state index contributed by atoms with van der Waals surface area (Å²) in [6, 6.07) is 6.91. The largest absolute Gasteiger partial charge is 0.479 e. The fourth-order valence-corrected chi connectivity index (χ4v) is 6.68. The Bertz CT molecular complexity index is 1920. The van der Waals surface area contributed by atoms with Crippen molar-refractivity contribution in [3.8, 4) is 28.3 Å². The zero-order chi connectivity index (χ0) is 30.0. The van der Waals surface area contributed by atoms with Gasteiger partial charge in [0.2, 0.25) is 5.88 Å². The summed E-state index contributed by atoms with van der Waals surface area (Å²) in [5, 5.41) is 8.08. The van der Waals surface area contributed by atoms with Crippen molar-refractivity contribution in [2.75, 3.05) is 20.8 Å². The van der Waals surface area contributed by atoms with E-state index in [4.69, 9.17) is 19.2 Å². The number of fused-ring (bicyclic) bond motifs is 5. The topological polar surface area (TPSA) is 130 Å². The molecule has 2 N–H and O–H groups in total. The number of amides is 1. The second kappa shape index (κ2) is 10.3. The van der Waals surface area contributed by atoms with E-state index in [1.54, 1.807) is 34.2 Å². The van der Waals surface area contributed by atoms with Crippen molar-refractivity contribution in [3.05, 3.63) is 52.7 Å². The molecular formula is C30H32FN7O5. The lowest BCUT2D eigenvalue weighted by Gasteiger charge is -2.21. The van der Waals surface area contributed by atoms with Gasteiger partial charge in [0.1, 0.15) is 11.8 Å². The number of alkyl carbamates (subject to hydrolysis) is 1. The highest BCUT2D eigenvalue weighted by molar-refractivity contribution is 6.14. The third-order valence-electron chi connectivity index (χ3n) is 8.65.